The second-order valence-electron chi connectivity index (χ2n) is 11.8. The number of carbonyl (C=O) groups is 4. The number of alkyl halides is 1. The standard InChI is InChI=1S/C33H44BrN3O7/c1-5-8-15-25(39)43-20-24(22-13-10-9-11-14-22)35-30(40)26-27-31(41)37(17-18-38)29(33(27)19-23(34)28(26)44-33)32(42)36(16-7-3)21(4)12-6-2/h5,7,9-11,13-14,21,23-24,26-29,38H,1,3,6,8,12,15-20H2,2,4H3,(H,35,40)/t21?,23?,24-,26+,27-,28+,29+,33-/m0/s1. The number of fused-ring (bicyclic) bond motifs is 1. The largest absolute Gasteiger partial charge is 0.463 e. The molecule has 8 atom stereocenters. The van der Waals surface area contributed by atoms with Crippen molar-refractivity contribution in [1.82, 2.24) is 15.1 Å². The highest BCUT2D eigenvalue weighted by molar-refractivity contribution is 9.09. The van der Waals surface area contributed by atoms with Crippen molar-refractivity contribution in [1.29, 1.82) is 0 Å². The van der Waals surface area contributed by atoms with E-state index in [0.29, 0.717) is 19.4 Å². The molecule has 3 aliphatic heterocycles. The number of carbonyl (C=O) groups excluding carboxylic acids is 4. The molecule has 3 fully saturated rings. The van der Waals surface area contributed by atoms with Crippen LogP contribution >= 0.6 is 15.9 Å². The number of aliphatic hydroxyl groups is 1. The predicted octanol–water partition coefficient (Wildman–Crippen LogP) is 3.30. The van der Waals surface area contributed by atoms with Gasteiger partial charge in [0.05, 0.1) is 30.6 Å². The number of β-amino-alcohol motifs (C(OH)–C–C–N with tert-alkyl or cyclic N) is 1. The van der Waals surface area contributed by atoms with Crippen molar-refractivity contribution in [3.63, 3.8) is 0 Å². The number of allylic oxidation sites excluding steroid dienone is 1. The van der Waals surface area contributed by atoms with Gasteiger partial charge in [0, 0.05) is 30.4 Å². The van der Waals surface area contributed by atoms with Gasteiger partial charge in [-0.15, -0.1) is 13.2 Å². The molecule has 10 nitrogen and oxygen atoms in total. The maximum absolute atomic E-state index is 14.3. The predicted molar refractivity (Wildman–Crippen MR) is 168 cm³/mol. The number of rotatable bonds is 16. The summed E-state index contributed by atoms with van der Waals surface area (Å²) < 4.78 is 12.1. The zero-order valence-electron chi connectivity index (χ0n) is 25.5. The SMILES string of the molecule is C=CCCC(=O)OC[C@H](NC(=O)[C@H]1[C@@H]2O[C@@]3(CC2Br)[C@@H]1C(=O)N(CCO)[C@@H]3C(=O)N(CC=C)C(C)CCC)c1ccccc1. The third-order valence-corrected chi connectivity index (χ3v) is 9.84. The molecule has 2 bridgehead atoms. The van der Waals surface area contributed by atoms with Gasteiger partial charge in [0.15, 0.2) is 0 Å². The molecular weight excluding hydrogens is 630 g/mol. The van der Waals surface area contributed by atoms with Gasteiger partial charge in [-0.05, 0) is 31.7 Å². The third-order valence-electron chi connectivity index (χ3n) is 9.00. The van der Waals surface area contributed by atoms with E-state index >= 15 is 0 Å². The van der Waals surface area contributed by atoms with Crippen molar-refractivity contribution in [2.45, 2.75) is 80.6 Å². The normalized spacial score (nSPS) is 28.2. The first-order chi connectivity index (χ1) is 21.1. The fraction of sp³-hybridized carbons (Fsp3) is 0.576. The summed E-state index contributed by atoms with van der Waals surface area (Å²) in [6.45, 7) is 11.3. The second kappa shape index (κ2) is 14.8. The summed E-state index contributed by atoms with van der Waals surface area (Å²) in [5.41, 5.74) is -0.501. The number of benzene rings is 1. The maximum atomic E-state index is 14.3. The van der Waals surface area contributed by atoms with Gasteiger partial charge in [0.2, 0.25) is 17.7 Å². The lowest BCUT2D eigenvalue weighted by Crippen LogP contribution is -2.58. The summed E-state index contributed by atoms with van der Waals surface area (Å²) in [5.74, 6) is -3.30. The van der Waals surface area contributed by atoms with Gasteiger partial charge in [0.1, 0.15) is 18.2 Å². The van der Waals surface area contributed by atoms with Gasteiger partial charge in [0.25, 0.3) is 0 Å². The van der Waals surface area contributed by atoms with Crippen LogP contribution in [0.5, 0.6) is 0 Å². The van der Waals surface area contributed by atoms with E-state index in [0.717, 1.165) is 18.4 Å². The fourth-order valence-corrected chi connectivity index (χ4v) is 8.00. The lowest BCUT2D eigenvalue weighted by molar-refractivity contribution is -0.150. The molecule has 1 aromatic rings. The monoisotopic (exact) mass is 673 g/mol. The van der Waals surface area contributed by atoms with E-state index in [2.05, 4.69) is 34.4 Å². The Morgan fingerprint density at radius 3 is 2.64 bits per heavy atom. The van der Waals surface area contributed by atoms with Gasteiger partial charge in [-0.2, -0.15) is 0 Å². The third kappa shape index (κ3) is 6.50. The van der Waals surface area contributed by atoms with Crippen molar-refractivity contribution in [3.8, 4) is 0 Å². The minimum Gasteiger partial charge on any atom is -0.463 e. The molecule has 0 aliphatic carbocycles. The first kappa shape index (κ1) is 33.9. The Balaban J connectivity index is 1.65. The molecule has 2 N–H and O–H groups in total. The molecular formula is C33H44BrN3O7. The number of amides is 3. The number of nitrogens with one attached hydrogen (secondary N) is 1. The van der Waals surface area contributed by atoms with Crippen LogP contribution in [-0.2, 0) is 28.7 Å². The van der Waals surface area contributed by atoms with Crippen molar-refractivity contribution < 1.29 is 33.8 Å². The first-order valence-corrected chi connectivity index (χ1v) is 16.3. The zero-order valence-corrected chi connectivity index (χ0v) is 27.1. The molecule has 3 saturated heterocycles. The number of esters is 1. The first-order valence-electron chi connectivity index (χ1n) is 15.4. The quantitative estimate of drug-likeness (QED) is 0.157. The number of halogens is 1. The Kier molecular flexibility index (Phi) is 11.4. The molecule has 240 valence electrons. The van der Waals surface area contributed by atoms with Crippen LogP contribution in [0.2, 0.25) is 0 Å². The molecule has 3 aliphatic rings. The van der Waals surface area contributed by atoms with Crippen LogP contribution in [0, 0.1) is 11.8 Å². The van der Waals surface area contributed by atoms with Gasteiger partial charge in [-0.1, -0.05) is 71.8 Å². The van der Waals surface area contributed by atoms with Crippen LogP contribution in [0.15, 0.2) is 55.6 Å². The lowest BCUT2D eigenvalue weighted by atomic mass is 9.70. The average Bonchev–Trinajstić information content (AvgIpc) is 3.60. The van der Waals surface area contributed by atoms with Crippen LogP contribution in [0.25, 0.3) is 0 Å². The van der Waals surface area contributed by atoms with Crippen LogP contribution in [0.1, 0.15) is 57.6 Å². The van der Waals surface area contributed by atoms with E-state index in [4.69, 9.17) is 9.47 Å². The van der Waals surface area contributed by atoms with Crippen LogP contribution in [0.3, 0.4) is 0 Å². The molecule has 1 aromatic carbocycles. The number of hydrogen-bond donors (Lipinski definition) is 2. The van der Waals surface area contributed by atoms with Gasteiger partial charge >= 0.3 is 5.97 Å². The topological polar surface area (TPSA) is 125 Å². The number of hydrogen-bond acceptors (Lipinski definition) is 7. The van der Waals surface area contributed by atoms with Crippen molar-refractivity contribution in [2.75, 3.05) is 26.3 Å². The van der Waals surface area contributed by atoms with Gasteiger partial charge in [-0.3, -0.25) is 19.2 Å². The van der Waals surface area contributed by atoms with E-state index in [9.17, 15) is 24.3 Å². The Morgan fingerprint density at radius 2 is 2.00 bits per heavy atom. The van der Waals surface area contributed by atoms with E-state index in [-0.39, 0.29) is 48.9 Å². The average molecular weight is 675 g/mol. The minimum absolute atomic E-state index is 0.0554. The Hall–Kier alpha value is -3.02. The number of nitrogens with zero attached hydrogens (tertiary/aromatic N) is 2. The van der Waals surface area contributed by atoms with Crippen LogP contribution in [-0.4, -0.2) is 93.5 Å². The summed E-state index contributed by atoms with van der Waals surface area (Å²) in [4.78, 5) is 57.7. The highest BCUT2D eigenvalue weighted by Gasteiger charge is 2.76. The minimum atomic E-state index is -1.24. The fourth-order valence-electron chi connectivity index (χ4n) is 7.06. The van der Waals surface area contributed by atoms with Crippen LogP contribution < -0.4 is 5.32 Å². The Morgan fingerprint density at radius 1 is 1.27 bits per heavy atom. The number of ether oxygens (including phenoxy) is 2. The highest BCUT2D eigenvalue weighted by atomic mass is 79.9. The second-order valence-corrected chi connectivity index (χ2v) is 13.0. The Bertz CT molecular complexity index is 1230. The summed E-state index contributed by atoms with van der Waals surface area (Å²) in [6.07, 6.45) is 5.31. The molecule has 0 aromatic heterocycles. The summed E-state index contributed by atoms with van der Waals surface area (Å²) in [7, 11) is 0. The molecule has 2 unspecified atom stereocenters. The number of likely N-dealkylation sites (tertiary alicyclic amines) is 1. The number of aliphatic hydroxyl groups excluding tert-OH is 1. The van der Waals surface area contributed by atoms with E-state index in [1.54, 1.807) is 17.1 Å². The highest BCUT2D eigenvalue weighted by Crippen LogP contribution is 2.60. The lowest BCUT2D eigenvalue weighted by Gasteiger charge is -2.39. The van der Waals surface area contributed by atoms with Gasteiger partial charge in [-0.25, -0.2) is 0 Å². The molecule has 1 spiro atoms. The zero-order chi connectivity index (χ0) is 32.0. The summed E-state index contributed by atoms with van der Waals surface area (Å²) in [6, 6.07) is 7.41. The molecule has 0 saturated carbocycles. The van der Waals surface area contributed by atoms with E-state index in [1.807, 2.05) is 44.2 Å². The van der Waals surface area contributed by atoms with Crippen molar-refractivity contribution in [3.05, 3.63) is 61.2 Å². The molecule has 0 radical (unpaired) electrons. The smallest absolute Gasteiger partial charge is 0.306 e. The molecule has 11 heteroatoms. The van der Waals surface area contributed by atoms with E-state index in [1.165, 1.54) is 4.90 Å². The summed E-state index contributed by atoms with van der Waals surface area (Å²) in [5, 5.41) is 13.0. The van der Waals surface area contributed by atoms with Crippen molar-refractivity contribution >= 4 is 39.6 Å². The Labute approximate surface area is 267 Å². The molecule has 3 heterocycles. The van der Waals surface area contributed by atoms with Gasteiger partial charge < -0.3 is 29.7 Å². The van der Waals surface area contributed by atoms with E-state index < -0.39 is 47.5 Å². The molecule has 3 amide bonds. The summed E-state index contributed by atoms with van der Waals surface area (Å²) >= 11 is 3.69. The molecule has 4 rings (SSSR count). The maximum Gasteiger partial charge on any atom is 0.306 e. The van der Waals surface area contributed by atoms with Crippen LogP contribution in [0.4, 0.5) is 0 Å². The molecule has 44 heavy (non-hydrogen) atoms. The van der Waals surface area contributed by atoms with Crippen molar-refractivity contribution in [2.24, 2.45) is 11.8 Å².